The van der Waals surface area contributed by atoms with Gasteiger partial charge in [-0.25, -0.2) is 9.59 Å². The summed E-state index contributed by atoms with van der Waals surface area (Å²) in [4.78, 5) is 23.5. The standard InChI is InChI=1S/C10H20N2O3S/c1-5-16-6-7(2)11-10(15)12(4)8(3)9(13)14/h7-8H,5-6H2,1-4H3,(H,11,15)(H,13,14). The number of nitrogens with one attached hydrogen (secondary N) is 1. The van der Waals surface area contributed by atoms with Crippen LogP contribution in [-0.4, -0.2) is 52.6 Å². The third-order valence-corrected chi connectivity index (χ3v) is 3.34. The maximum atomic E-state index is 11.6. The maximum Gasteiger partial charge on any atom is 0.326 e. The summed E-state index contributed by atoms with van der Waals surface area (Å²) in [5.41, 5.74) is 0. The van der Waals surface area contributed by atoms with Crippen LogP contribution in [0.3, 0.4) is 0 Å². The number of carbonyl (C=O) groups is 2. The molecule has 2 amide bonds. The van der Waals surface area contributed by atoms with Gasteiger partial charge < -0.3 is 15.3 Å². The molecule has 2 atom stereocenters. The van der Waals surface area contributed by atoms with Crippen LogP contribution in [0.1, 0.15) is 20.8 Å². The molecule has 0 aliphatic rings. The van der Waals surface area contributed by atoms with Crippen molar-refractivity contribution in [3.8, 4) is 0 Å². The van der Waals surface area contributed by atoms with Crippen LogP contribution in [0.4, 0.5) is 4.79 Å². The molecule has 16 heavy (non-hydrogen) atoms. The number of aliphatic carboxylic acids is 1. The van der Waals surface area contributed by atoms with E-state index >= 15 is 0 Å². The number of rotatable bonds is 6. The molecule has 0 aliphatic carbocycles. The fourth-order valence-electron chi connectivity index (χ4n) is 0.990. The molecule has 2 unspecified atom stereocenters. The van der Waals surface area contributed by atoms with Crippen LogP contribution in [0.2, 0.25) is 0 Å². The van der Waals surface area contributed by atoms with Crippen molar-refractivity contribution in [2.24, 2.45) is 0 Å². The highest BCUT2D eigenvalue weighted by atomic mass is 32.2. The van der Waals surface area contributed by atoms with Gasteiger partial charge in [0.25, 0.3) is 0 Å². The molecule has 0 bridgehead atoms. The quantitative estimate of drug-likeness (QED) is 0.742. The zero-order chi connectivity index (χ0) is 12.7. The van der Waals surface area contributed by atoms with Crippen LogP contribution in [0.5, 0.6) is 0 Å². The van der Waals surface area contributed by atoms with Crippen LogP contribution in [-0.2, 0) is 4.79 Å². The average molecular weight is 248 g/mol. The lowest BCUT2D eigenvalue weighted by molar-refractivity contribution is -0.141. The fourth-order valence-corrected chi connectivity index (χ4v) is 1.66. The maximum absolute atomic E-state index is 11.6. The molecule has 2 N–H and O–H groups in total. The topological polar surface area (TPSA) is 69.6 Å². The Bertz CT molecular complexity index is 248. The van der Waals surface area contributed by atoms with Crippen LogP contribution in [0, 0.1) is 0 Å². The van der Waals surface area contributed by atoms with Gasteiger partial charge in [0.05, 0.1) is 0 Å². The Morgan fingerprint density at radius 1 is 1.44 bits per heavy atom. The van der Waals surface area contributed by atoms with E-state index in [2.05, 4.69) is 12.2 Å². The van der Waals surface area contributed by atoms with E-state index < -0.39 is 12.0 Å². The summed E-state index contributed by atoms with van der Waals surface area (Å²) >= 11 is 1.74. The van der Waals surface area contributed by atoms with Gasteiger partial charge in [0.1, 0.15) is 6.04 Å². The Hall–Kier alpha value is -0.910. The zero-order valence-electron chi connectivity index (χ0n) is 10.2. The third-order valence-electron chi connectivity index (χ3n) is 2.20. The van der Waals surface area contributed by atoms with Crippen molar-refractivity contribution in [2.45, 2.75) is 32.9 Å². The van der Waals surface area contributed by atoms with E-state index in [-0.39, 0.29) is 12.1 Å². The van der Waals surface area contributed by atoms with Crippen molar-refractivity contribution in [3.63, 3.8) is 0 Å². The Kier molecular flexibility index (Phi) is 6.96. The van der Waals surface area contributed by atoms with E-state index in [0.29, 0.717) is 0 Å². The van der Waals surface area contributed by atoms with Crippen LogP contribution < -0.4 is 5.32 Å². The Labute approximate surface area is 101 Å². The van der Waals surface area contributed by atoms with Gasteiger partial charge in [-0.3, -0.25) is 0 Å². The highest BCUT2D eigenvalue weighted by Crippen LogP contribution is 2.03. The summed E-state index contributed by atoms with van der Waals surface area (Å²) in [5, 5.41) is 11.5. The first-order valence-electron chi connectivity index (χ1n) is 5.24. The molecular weight excluding hydrogens is 228 g/mol. The number of hydrogen-bond donors (Lipinski definition) is 2. The highest BCUT2D eigenvalue weighted by Gasteiger charge is 2.22. The van der Waals surface area contributed by atoms with Crippen molar-refractivity contribution >= 4 is 23.8 Å². The van der Waals surface area contributed by atoms with E-state index in [4.69, 9.17) is 5.11 Å². The first kappa shape index (κ1) is 15.1. The number of hydrogen-bond acceptors (Lipinski definition) is 3. The van der Waals surface area contributed by atoms with Crippen molar-refractivity contribution < 1.29 is 14.7 Å². The summed E-state index contributed by atoms with van der Waals surface area (Å²) in [6.07, 6.45) is 0. The predicted molar refractivity (Wildman–Crippen MR) is 65.9 cm³/mol. The van der Waals surface area contributed by atoms with Gasteiger partial charge in [-0.05, 0) is 19.6 Å². The minimum Gasteiger partial charge on any atom is -0.480 e. The third kappa shape index (κ3) is 5.25. The van der Waals surface area contributed by atoms with Crippen LogP contribution in [0.25, 0.3) is 0 Å². The molecule has 0 rings (SSSR count). The number of likely N-dealkylation sites (N-methyl/N-ethyl adjacent to an activating group) is 1. The molecule has 5 nitrogen and oxygen atoms in total. The summed E-state index contributed by atoms with van der Waals surface area (Å²) < 4.78 is 0. The molecule has 94 valence electrons. The Morgan fingerprint density at radius 3 is 2.44 bits per heavy atom. The second-order valence-corrected chi connectivity index (χ2v) is 4.95. The SMILES string of the molecule is CCSCC(C)NC(=O)N(C)C(C)C(=O)O. The molecule has 0 radical (unpaired) electrons. The fraction of sp³-hybridized carbons (Fsp3) is 0.800. The predicted octanol–water partition coefficient (Wildman–Crippen LogP) is 1.24. The van der Waals surface area contributed by atoms with Gasteiger partial charge in [-0.2, -0.15) is 11.8 Å². The lowest BCUT2D eigenvalue weighted by atomic mass is 10.3. The number of carboxylic acid groups (broad SMARTS) is 1. The minimum atomic E-state index is -1.01. The Morgan fingerprint density at radius 2 is 2.00 bits per heavy atom. The number of carbonyl (C=O) groups excluding carboxylic acids is 1. The second kappa shape index (κ2) is 7.38. The molecule has 0 saturated heterocycles. The van der Waals surface area contributed by atoms with Gasteiger partial charge in [-0.15, -0.1) is 0 Å². The van der Waals surface area contributed by atoms with Crippen LogP contribution in [0.15, 0.2) is 0 Å². The van der Waals surface area contributed by atoms with Gasteiger partial charge in [0.15, 0.2) is 0 Å². The first-order valence-corrected chi connectivity index (χ1v) is 6.39. The molecule has 0 aromatic rings. The van der Waals surface area contributed by atoms with Gasteiger partial charge in [0, 0.05) is 18.8 Å². The summed E-state index contributed by atoms with van der Waals surface area (Å²) in [6.45, 7) is 5.44. The van der Waals surface area contributed by atoms with E-state index in [1.807, 2.05) is 6.92 Å². The van der Waals surface area contributed by atoms with E-state index in [1.54, 1.807) is 11.8 Å². The van der Waals surface area contributed by atoms with Crippen molar-refractivity contribution in [1.29, 1.82) is 0 Å². The molecule has 0 aromatic heterocycles. The second-order valence-electron chi connectivity index (χ2n) is 3.64. The van der Waals surface area contributed by atoms with E-state index in [1.165, 1.54) is 18.9 Å². The summed E-state index contributed by atoms with van der Waals surface area (Å²) in [7, 11) is 1.48. The number of nitrogens with zero attached hydrogens (tertiary/aromatic N) is 1. The minimum absolute atomic E-state index is 0.0425. The van der Waals surface area contributed by atoms with E-state index in [9.17, 15) is 9.59 Å². The molecule has 0 aromatic carbocycles. The number of urea groups is 1. The number of amides is 2. The highest BCUT2D eigenvalue weighted by molar-refractivity contribution is 7.99. The molecule has 6 heteroatoms. The van der Waals surface area contributed by atoms with Crippen molar-refractivity contribution in [1.82, 2.24) is 10.2 Å². The Balaban J connectivity index is 4.09. The average Bonchev–Trinajstić information content (AvgIpc) is 2.23. The van der Waals surface area contributed by atoms with Gasteiger partial charge in [0.2, 0.25) is 0 Å². The van der Waals surface area contributed by atoms with Crippen LogP contribution >= 0.6 is 11.8 Å². The number of carboxylic acids is 1. The molecule has 0 heterocycles. The van der Waals surface area contributed by atoms with Crippen molar-refractivity contribution in [3.05, 3.63) is 0 Å². The molecule has 0 aliphatic heterocycles. The monoisotopic (exact) mass is 248 g/mol. The zero-order valence-corrected chi connectivity index (χ0v) is 11.0. The number of thioether (sulfide) groups is 1. The van der Waals surface area contributed by atoms with Gasteiger partial charge in [-0.1, -0.05) is 6.92 Å². The van der Waals surface area contributed by atoms with E-state index in [0.717, 1.165) is 11.5 Å². The summed E-state index contributed by atoms with van der Waals surface area (Å²) in [6, 6.07) is -1.12. The smallest absolute Gasteiger partial charge is 0.326 e. The van der Waals surface area contributed by atoms with Crippen molar-refractivity contribution in [2.75, 3.05) is 18.6 Å². The molecule has 0 fully saturated rings. The lowest BCUT2D eigenvalue weighted by Gasteiger charge is -2.24. The first-order chi connectivity index (χ1) is 7.40. The lowest BCUT2D eigenvalue weighted by Crippen LogP contribution is -2.48. The largest absolute Gasteiger partial charge is 0.480 e. The molecule has 0 spiro atoms. The summed E-state index contributed by atoms with van der Waals surface area (Å²) in [5.74, 6) is 0.826. The van der Waals surface area contributed by atoms with Gasteiger partial charge >= 0.3 is 12.0 Å². The molecular formula is C10H20N2O3S. The normalized spacial score (nSPS) is 14.0. The molecule has 0 saturated carbocycles.